The third-order valence-electron chi connectivity index (χ3n) is 3.58. The maximum atomic E-state index is 12.7. The monoisotopic (exact) mass is 265 g/mol. The van der Waals surface area contributed by atoms with Gasteiger partial charge in [-0.15, -0.1) is 0 Å². The molecule has 0 N–H and O–H groups in total. The topological polar surface area (TPSA) is 39.2 Å². The number of aromatic nitrogens is 1. The lowest BCUT2D eigenvalue weighted by molar-refractivity contribution is -0.00718. The maximum Gasteiger partial charge on any atom is 0.339 e. The summed E-state index contributed by atoms with van der Waals surface area (Å²) in [5, 5.41) is 0. The molecular formula is C15H20FNO2. The predicted molar refractivity (Wildman–Crippen MR) is 70.2 cm³/mol. The average molecular weight is 265 g/mol. The van der Waals surface area contributed by atoms with Gasteiger partial charge in [-0.05, 0) is 42.7 Å². The number of pyridine rings is 1. The van der Waals surface area contributed by atoms with Crippen molar-refractivity contribution in [3.05, 3.63) is 29.8 Å². The highest BCUT2D eigenvalue weighted by Crippen LogP contribution is 2.39. The average Bonchev–Trinajstić information content (AvgIpc) is 2.26. The van der Waals surface area contributed by atoms with E-state index in [4.69, 9.17) is 4.74 Å². The Morgan fingerprint density at radius 3 is 2.74 bits per heavy atom. The van der Waals surface area contributed by atoms with Crippen molar-refractivity contribution in [3.8, 4) is 0 Å². The van der Waals surface area contributed by atoms with Crippen LogP contribution in [0.2, 0.25) is 0 Å². The fraction of sp³-hybridized carbons (Fsp3) is 0.600. The summed E-state index contributed by atoms with van der Waals surface area (Å²) in [6.07, 6.45) is 4.08. The Balaban J connectivity index is 2.00. The highest BCUT2D eigenvalue weighted by atomic mass is 19.1. The van der Waals surface area contributed by atoms with Crippen LogP contribution < -0.4 is 0 Å². The molecule has 0 aromatic carbocycles. The molecule has 1 aliphatic rings. The number of rotatable bonds is 2. The number of hydrogen-bond donors (Lipinski definition) is 0. The Hall–Kier alpha value is -1.45. The number of carbonyl (C=O) groups excluding carboxylic acids is 1. The van der Waals surface area contributed by atoms with Gasteiger partial charge in [0, 0.05) is 6.20 Å². The largest absolute Gasteiger partial charge is 0.459 e. The second-order valence-electron chi connectivity index (χ2n) is 6.31. The summed E-state index contributed by atoms with van der Waals surface area (Å²) in [5.41, 5.74) is 0.501. The van der Waals surface area contributed by atoms with Crippen LogP contribution in [0.3, 0.4) is 0 Å². The van der Waals surface area contributed by atoms with Crippen molar-refractivity contribution in [3.63, 3.8) is 0 Å². The molecule has 0 radical (unpaired) electrons. The number of nitrogens with zero attached hydrogens (tertiary/aromatic N) is 1. The van der Waals surface area contributed by atoms with Crippen LogP contribution in [0, 0.1) is 17.3 Å². The molecule has 4 heteroatoms. The molecule has 0 spiro atoms. The van der Waals surface area contributed by atoms with Gasteiger partial charge >= 0.3 is 5.97 Å². The number of halogens is 1. The van der Waals surface area contributed by atoms with Gasteiger partial charge in [-0.1, -0.05) is 20.8 Å². The molecule has 0 bridgehead atoms. The SMILES string of the molecule is CC1CC(OC(=O)c2ccc(F)nc2)CC(C)(C)C1. The quantitative estimate of drug-likeness (QED) is 0.606. The lowest BCUT2D eigenvalue weighted by Crippen LogP contribution is -2.34. The first-order valence-corrected chi connectivity index (χ1v) is 6.68. The van der Waals surface area contributed by atoms with E-state index < -0.39 is 11.9 Å². The first kappa shape index (κ1) is 14.0. The second-order valence-corrected chi connectivity index (χ2v) is 6.31. The summed E-state index contributed by atoms with van der Waals surface area (Å²) in [7, 11) is 0. The van der Waals surface area contributed by atoms with Gasteiger partial charge in [0.05, 0.1) is 5.56 Å². The summed E-state index contributed by atoms with van der Waals surface area (Å²) in [6.45, 7) is 6.58. The lowest BCUT2D eigenvalue weighted by atomic mass is 9.71. The van der Waals surface area contributed by atoms with Crippen LogP contribution in [0.15, 0.2) is 18.3 Å². The predicted octanol–water partition coefficient (Wildman–Crippen LogP) is 3.59. The molecule has 0 aliphatic heterocycles. The zero-order valence-corrected chi connectivity index (χ0v) is 11.6. The molecule has 0 amide bonds. The van der Waals surface area contributed by atoms with Gasteiger partial charge < -0.3 is 4.74 Å². The molecule has 1 heterocycles. The van der Waals surface area contributed by atoms with Crippen molar-refractivity contribution in [2.24, 2.45) is 11.3 Å². The van der Waals surface area contributed by atoms with Gasteiger partial charge in [-0.3, -0.25) is 0 Å². The van der Waals surface area contributed by atoms with Gasteiger partial charge in [-0.2, -0.15) is 4.39 Å². The second kappa shape index (κ2) is 5.27. The third kappa shape index (κ3) is 3.75. The maximum absolute atomic E-state index is 12.7. The van der Waals surface area contributed by atoms with Gasteiger partial charge in [0.1, 0.15) is 6.10 Å². The highest BCUT2D eigenvalue weighted by Gasteiger charge is 2.34. The molecule has 2 rings (SSSR count). The molecule has 19 heavy (non-hydrogen) atoms. The standard InChI is InChI=1S/C15H20FNO2/c1-10-6-12(8-15(2,3)7-10)19-14(18)11-4-5-13(16)17-9-11/h4-5,9-10,12H,6-8H2,1-3H3. The van der Waals surface area contributed by atoms with Crippen molar-refractivity contribution >= 4 is 5.97 Å². The van der Waals surface area contributed by atoms with E-state index >= 15 is 0 Å². The van der Waals surface area contributed by atoms with Crippen molar-refractivity contribution in [1.82, 2.24) is 4.98 Å². The molecule has 1 saturated carbocycles. The van der Waals surface area contributed by atoms with Crippen molar-refractivity contribution in [2.45, 2.75) is 46.1 Å². The van der Waals surface area contributed by atoms with Crippen molar-refractivity contribution < 1.29 is 13.9 Å². The molecule has 1 fully saturated rings. The van der Waals surface area contributed by atoms with Crippen molar-refractivity contribution in [2.75, 3.05) is 0 Å². The minimum atomic E-state index is -0.594. The number of esters is 1. The van der Waals surface area contributed by atoms with E-state index in [1.165, 1.54) is 18.3 Å². The summed E-state index contributed by atoms with van der Waals surface area (Å²) in [5.74, 6) is -0.459. The van der Waals surface area contributed by atoms with Gasteiger partial charge in [0.25, 0.3) is 0 Å². The van der Waals surface area contributed by atoms with Crippen LogP contribution in [0.4, 0.5) is 4.39 Å². The Kier molecular flexibility index (Phi) is 3.88. The van der Waals surface area contributed by atoms with Crippen LogP contribution >= 0.6 is 0 Å². The molecule has 2 unspecified atom stereocenters. The van der Waals surface area contributed by atoms with Gasteiger partial charge in [0.15, 0.2) is 0 Å². The van der Waals surface area contributed by atoms with Crippen LogP contribution in [0.25, 0.3) is 0 Å². The number of hydrogen-bond acceptors (Lipinski definition) is 3. The summed E-state index contributed by atoms with van der Waals surface area (Å²) >= 11 is 0. The lowest BCUT2D eigenvalue weighted by Gasteiger charge is -2.38. The molecular weight excluding hydrogens is 245 g/mol. The van der Waals surface area contributed by atoms with E-state index in [0.29, 0.717) is 11.5 Å². The molecule has 0 saturated heterocycles. The van der Waals surface area contributed by atoms with E-state index in [9.17, 15) is 9.18 Å². The van der Waals surface area contributed by atoms with E-state index in [-0.39, 0.29) is 11.5 Å². The van der Waals surface area contributed by atoms with Crippen LogP contribution in [-0.4, -0.2) is 17.1 Å². The summed E-state index contributed by atoms with van der Waals surface area (Å²) < 4.78 is 18.2. The number of carbonyl (C=O) groups is 1. The molecule has 1 aromatic heterocycles. The van der Waals surface area contributed by atoms with E-state index in [2.05, 4.69) is 25.8 Å². The van der Waals surface area contributed by atoms with E-state index in [1.54, 1.807) is 0 Å². The molecule has 1 aromatic rings. The van der Waals surface area contributed by atoms with Crippen molar-refractivity contribution in [1.29, 1.82) is 0 Å². The fourth-order valence-corrected chi connectivity index (χ4v) is 3.06. The fourth-order valence-electron chi connectivity index (χ4n) is 3.06. The molecule has 2 atom stereocenters. The van der Waals surface area contributed by atoms with Crippen LogP contribution in [0.1, 0.15) is 50.4 Å². The summed E-state index contributed by atoms with van der Waals surface area (Å²) in [4.78, 5) is 15.4. The zero-order chi connectivity index (χ0) is 14.0. The molecule has 3 nitrogen and oxygen atoms in total. The molecule has 1 aliphatic carbocycles. The van der Waals surface area contributed by atoms with Crippen LogP contribution in [-0.2, 0) is 4.74 Å². The summed E-state index contributed by atoms with van der Waals surface area (Å²) in [6, 6.07) is 2.58. The Labute approximate surface area is 113 Å². The zero-order valence-electron chi connectivity index (χ0n) is 11.6. The minimum Gasteiger partial charge on any atom is -0.459 e. The normalized spacial score (nSPS) is 25.9. The van der Waals surface area contributed by atoms with Crippen LogP contribution in [0.5, 0.6) is 0 Å². The highest BCUT2D eigenvalue weighted by molar-refractivity contribution is 5.89. The third-order valence-corrected chi connectivity index (χ3v) is 3.58. The van der Waals surface area contributed by atoms with Gasteiger partial charge in [-0.25, -0.2) is 9.78 Å². The van der Waals surface area contributed by atoms with Gasteiger partial charge in [0.2, 0.25) is 5.95 Å². The minimum absolute atomic E-state index is 0.0590. The Bertz CT molecular complexity index is 456. The van der Waals surface area contributed by atoms with E-state index in [1.807, 2.05) is 0 Å². The molecule has 104 valence electrons. The number of ether oxygens (including phenoxy) is 1. The smallest absolute Gasteiger partial charge is 0.339 e. The van der Waals surface area contributed by atoms with E-state index in [0.717, 1.165) is 19.3 Å². The Morgan fingerprint density at radius 1 is 1.42 bits per heavy atom. The first-order valence-electron chi connectivity index (χ1n) is 6.68. The first-order chi connectivity index (χ1) is 8.85. The Morgan fingerprint density at radius 2 is 2.16 bits per heavy atom.